The van der Waals surface area contributed by atoms with Gasteiger partial charge in [0.1, 0.15) is 6.04 Å². The van der Waals surface area contributed by atoms with Crippen molar-refractivity contribution in [2.24, 2.45) is 16.7 Å². The van der Waals surface area contributed by atoms with Gasteiger partial charge in [-0.05, 0) is 55.0 Å². The molecule has 1 fully saturated rings. The van der Waals surface area contributed by atoms with Gasteiger partial charge in [-0.25, -0.2) is 4.79 Å². The molecule has 3 atom stereocenters. The summed E-state index contributed by atoms with van der Waals surface area (Å²) in [5, 5.41) is 25.3. The summed E-state index contributed by atoms with van der Waals surface area (Å²) in [5.41, 5.74) is -0.888. The van der Waals surface area contributed by atoms with Gasteiger partial charge in [0, 0.05) is 22.9 Å². The Morgan fingerprint density at radius 2 is 1.57 bits per heavy atom. The normalized spacial score (nSPS) is 21.2. The fourth-order valence-corrected chi connectivity index (χ4v) is 5.60. The first-order valence-corrected chi connectivity index (χ1v) is 12.6. The van der Waals surface area contributed by atoms with E-state index < -0.39 is 46.5 Å². The Morgan fingerprint density at radius 3 is 2.05 bits per heavy atom. The van der Waals surface area contributed by atoms with Crippen molar-refractivity contribution in [3.63, 3.8) is 0 Å². The first kappa shape index (κ1) is 28.8. The topological polar surface area (TPSA) is 133 Å². The van der Waals surface area contributed by atoms with E-state index in [0.717, 1.165) is 0 Å². The number of hydrogen-bond donors (Lipinski definition) is 4. The van der Waals surface area contributed by atoms with E-state index in [2.05, 4.69) is 10.6 Å². The molecule has 0 aliphatic heterocycles. The average Bonchev–Trinajstić information content (AvgIpc) is 3.05. The van der Waals surface area contributed by atoms with E-state index in [9.17, 15) is 29.4 Å². The quantitative estimate of drug-likeness (QED) is 0.330. The van der Waals surface area contributed by atoms with Gasteiger partial charge >= 0.3 is 11.9 Å². The Hall–Kier alpha value is -2.81. The zero-order chi connectivity index (χ0) is 27.7. The van der Waals surface area contributed by atoms with Gasteiger partial charge in [-0.3, -0.25) is 14.4 Å². The number of carbonyl (C=O) groups excluding carboxylic acids is 2. The third-order valence-electron chi connectivity index (χ3n) is 7.53. The Morgan fingerprint density at radius 1 is 1.00 bits per heavy atom. The maximum atomic E-state index is 13.0. The summed E-state index contributed by atoms with van der Waals surface area (Å²) in [5.74, 6) is -3.82. The first-order chi connectivity index (χ1) is 17.2. The number of amides is 2. The van der Waals surface area contributed by atoms with Gasteiger partial charge in [-0.1, -0.05) is 60.8 Å². The number of hydrogen-bond acceptors (Lipinski definition) is 4. The van der Waals surface area contributed by atoms with Gasteiger partial charge in [-0.2, -0.15) is 0 Å². The van der Waals surface area contributed by atoms with E-state index in [0.29, 0.717) is 23.4 Å². The Kier molecular flexibility index (Phi) is 8.47. The molecule has 1 aliphatic rings. The molecule has 1 aliphatic carbocycles. The van der Waals surface area contributed by atoms with E-state index in [4.69, 9.17) is 34.8 Å². The molecule has 1 saturated carbocycles. The lowest BCUT2D eigenvalue weighted by atomic mass is 9.65. The van der Waals surface area contributed by atoms with E-state index in [-0.39, 0.29) is 27.7 Å². The number of carbonyl (C=O) groups is 4. The molecule has 0 heterocycles. The van der Waals surface area contributed by atoms with E-state index in [1.54, 1.807) is 32.9 Å². The van der Waals surface area contributed by atoms with Crippen molar-refractivity contribution in [3.8, 4) is 0 Å². The van der Waals surface area contributed by atoms with Gasteiger partial charge in [0.05, 0.1) is 21.1 Å². The Bertz CT molecular complexity index is 1220. The van der Waals surface area contributed by atoms with Crippen LogP contribution in [0.3, 0.4) is 0 Å². The number of rotatable bonds is 8. The molecule has 2 aromatic carbocycles. The summed E-state index contributed by atoms with van der Waals surface area (Å²) in [6, 6.07) is 7.87. The molecule has 0 spiro atoms. The summed E-state index contributed by atoms with van der Waals surface area (Å²) in [6.07, 6.45) is 0.641. The molecular weight excluding hydrogens is 543 g/mol. The van der Waals surface area contributed by atoms with E-state index in [1.165, 1.54) is 24.3 Å². The van der Waals surface area contributed by atoms with Crippen LogP contribution in [0, 0.1) is 16.7 Å². The van der Waals surface area contributed by atoms with Crippen LogP contribution < -0.4 is 10.6 Å². The minimum Gasteiger partial charge on any atom is -0.481 e. The molecular formula is C26H27Cl3N2O6. The number of carboxylic acids is 2. The molecule has 198 valence electrons. The van der Waals surface area contributed by atoms with Gasteiger partial charge in [0.15, 0.2) is 0 Å². The lowest BCUT2D eigenvalue weighted by Crippen LogP contribution is -2.49. The summed E-state index contributed by atoms with van der Waals surface area (Å²) in [4.78, 5) is 49.4. The standard InChI is InChI=1S/C26H27Cl3N2O6/c1-25(2)16(8-9-26(25,3)24(36)37)22(33)30-19(23(34)35)10-13-4-6-14(7-5-13)21(32)31-20-17(28)11-15(27)12-18(20)29/h4-7,11-12,16,19H,8-10H2,1-3H3,(H,30,33)(H,31,32)(H,34,35)(H,36,37)/t16-,19+,26+/m1/s1. The minimum atomic E-state index is -1.23. The molecule has 37 heavy (non-hydrogen) atoms. The maximum absolute atomic E-state index is 13.0. The molecule has 2 aromatic rings. The second-order valence-corrected chi connectivity index (χ2v) is 11.2. The number of halogens is 3. The van der Waals surface area contributed by atoms with E-state index >= 15 is 0 Å². The predicted octanol–water partition coefficient (Wildman–Crippen LogP) is 5.54. The lowest BCUT2D eigenvalue weighted by molar-refractivity contribution is -0.155. The van der Waals surface area contributed by atoms with Gasteiger partial charge in [-0.15, -0.1) is 0 Å². The molecule has 2 amide bonds. The molecule has 4 N–H and O–H groups in total. The van der Waals surface area contributed by atoms with Crippen LogP contribution in [-0.4, -0.2) is 40.0 Å². The highest BCUT2D eigenvalue weighted by atomic mass is 35.5. The molecule has 0 unspecified atom stereocenters. The number of nitrogens with one attached hydrogen (secondary N) is 2. The molecule has 0 aromatic heterocycles. The number of benzene rings is 2. The van der Waals surface area contributed by atoms with Crippen LogP contribution in [0.15, 0.2) is 36.4 Å². The molecule has 0 radical (unpaired) electrons. The van der Waals surface area contributed by atoms with Crippen molar-refractivity contribution < 1.29 is 29.4 Å². The third kappa shape index (κ3) is 5.87. The SMILES string of the molecule is CC1(C)[C@@H](C(=O)N[C@@H](Cc2ccc(C(=O)Nc3c(Cl)cc(Cl)cc3Cl)cc2)C(=O)O)CC[C@@]1(C)C(=O)O. The van der Waals surface area contributed by atoms with Crippen LogP contribution in [0.1, 0.15) is 49.5 Å². The monoisotopic (exact) mass is 568 g/mol. The highest BCUT2D eigenvalue weighted by molar-refractivity contribution is 6.42. The van der Waals surface area contributed by atoms with E-state index in [1.807, 2.05) is 0 Å². The van der Waals surface area contributed by atoms with Crippen molar-refractivity contribution in [2.45, 2.75) is 46.1 Å². The van der Waals surface area contributed by atoms with Gasteiger partial charge in [0.2, 0.25) is 5.91 Å². The highest BCUT2D eigenvalue weighted by Crippen LogP contribution is 2.56. The van der Waals surface area contributed by atoms with Crippen molar-refractivity contribution in [1.29, 1.82) is 0 Å². The van der Waals surface area contributed by atoms with Crippen LogP contribution in [0.2, 0.25) is 15.1 Å². The fourth-order valence-electron chi connectivity index (χ4n) is 4.69. The molecule has 3 rings (SSSR count). The second kappa shape index (κ2) is 10.9. The van der Waals surface area contributed by atoms with Gasteiger partial charge in [0.25, 0.3) is 5.91 Å². The minimum absolute atomic E-state index is 0.0266. The summed E-state index contributed by atoms with van der Waals surface area (Å²) < 4.78 is 0. The van der Waals surface area contributed by atoms with Crippen molar-refractivity contribution in [2.75, 3.05) is 5.32 Å². The molecule has 11 heteroatoms. The number of anilines is 1. The fraction of sp³-hybridized carbons (Fsp3) is 0.385. The van der Waals surface area contributed by atoms with Crippen LogP contribution in [0.4, 0.5) is 5.69 Å². The molecule has 0 saturated heterocycles. The summed E-state index contributed by atoms with van der Waals surface area (Å²) in [7, 11) is 0. The smallest absolute Gasteiger partial charge is 0.326 e. The third-order valence-corrected chi connectivity index (χ3v) is 8.35. The summed E-state index contributed by atoms with van der Waals surface area (Å²) >= 11 is 18.1. The maximum Gasteiger partial charge on any atom is 0.326 e. The van der Waals surface area contributed by atoms with Crippen molar-refractivity contribution >= 4 is 64.2 Å². The predicted molar refractivity (Wildman–Crippen MR) is 141 cm³/mol. The Balaban J connectivity index is 1.69. The van der Waals surface area contributed by atoms with Crippen LogP contribution >= 0.6 is 34.8 Å². The largest absolute Gasteiger partial charge is 0.481 e. The first-order valence-electron chi connectivity index (χ1n) is 11.5. The zero-order valence-electron chi connectivity index (χ0n) is 20.4. The van der Waals surface area contributed by atoms with Gasteiger partial charge < -0.3 is 20.8 Å². The van der Waals surface area contributed by atoms with Crippen LogP contribution in [0.5, 0.6) is 0 Å². The summed E-state index contributed by atoms with van der Waals surface area (Å²) in [6.45, 7) is 5.06. The second-order valence-electron chi connectivity index (χ2n) is 9.95. The van der Waals surface area contributed by atoms with Crippen molar-refractivity contribution in [1.82, 2.24) is 5.32 Å². The number of carboxylic acid groups (broad SMARTS) is 2. The highest BCUT2D eigenvalue weighted by Gasteiger charge is 2.58. The Labute approximate surface area is 229 Å². The van der Waals surface area contributed by atoms with Crippen molar-refractivity contribution in [3.05, 3.63) is 62.6 Å². The number of aliphatic carboxylic acids is 2. The zero-order valence-corrected chi connectivity index (χ0v) is 22.7. The van der Waals surface area contributed by atoms with Crippen LogP contribution in [0.25, 0.3) is 0 Å². The molecule has 8 nitrogen and oxygen atoms in total. The van der Waals surface area contributed by atoms with Crippen LogP contribution in [-0.2, 0) is 20.8 Å². The molecule has 0 bridgehead atoms. The lowest BCUT2D eigenvalue weighted by Gasteiger charge is -2.38. The average molecular weight is 570 g/mol.